The molecule has 2 aromatic carbocycles. The summed E-state index contributed by atoms with van der Waals surface area (Å²) in [6, 6.07) is 16.6. The molecule has 1 aliphatic carbocycles. The van der Waals surface area contributed by atoms with Crippen LogP contribution in [0, 0.1) is 5.92 Å². The highest BCUT2D eigenvalue weighted by atomic mass is 32.1. The zero-order valence-corrected chi connectivity index (χ0v) is 17.0. The number of anilines is 1. The molecule has 0 saturated heterocycles. The van der Waals surface area contributed by atoms with Gasteiger partial charge in [-0.05, 0) is 49.9 Å². The zero-order chi connectivity index (χ0) is 20.9. The van der Waals surface area contributed by atoms with Crippen LogP contribution in [0.15, 0.2) is 54.6 Å². The minimum Gasteiger partial charge on any atom is -0.490 e. The van der Waals surface area contributed by atoms with Crippen molar-refractivity contribution in [2.75, 3.05) is 5.32 Å². The van der Waals surface area contributed by atoms with Crippen LogP contribution in [0.2, 0.25) is 0 Å². The lowest BCUT2D eigenvalue weighted by molar-refractivity contribution is -0.143. The number of hydrogen-bond acceptors (Lipinski definition) is 6. The van der Waals surface area contributed by atoms with E-state index >= 15 is 0 Å². The summed E-state index contributed by atoms with van der Waals surface area (Å²) < 4.78 is 5.94. The first-order valence-electron chi connectivity index (χ1n) is 9.78. The molecular formula is C22H21N3O4S. The monoisotopic (exact) mass is 423 g/mol. The molecule has 0 atom stereocenters. The van der Waals surface area contributed by atoms with E-state index in [1.165, 1.54) is 11.3 Å². The topological polar surface area (TPSA) is 101 Å². The van der Waals surface area contributed by atoms with Crippen LogP contribution in [0.4, 0.5) is 5.13 Å². The first-order chi connectivity index (χ1) is 14.6. The fourth-order valence-electron chi connectivity index (χ4n) is 3.45. The fourth-order valence-corrected chi connectivity index (χ4v) is 4.19. The highest BCUT2D eigenvalue weighted by Crippen LogP contribution is 2.29. The average Bonchev–Trinajstić information content (AvgIpc) is 3.24. The number of ether oxygens (including phenoxy) is 1. The van der Waals surface area contributed by atoms with Crippen LogP contribution in [-0.2, 0) is 4.79 Å². The van der Waals surface area contributed by atoms with E-state index in [2.05, 4.69) is 15.5 Å². The Labute approximate surface area is 177 Å². The molecule has 0 spiro atoms. The van der Waals surface area contributed by atoms with Crippen molar-refractivity contribution in [2.45, 2.75) is 31.8 Å². The molecule has 7 nitrogen and oxygen atoms in total. The summed E-state index contributed by atoms with van der Waals surface area (Å²) >= 11 is 1.32. The first-order valence-corrected chi connectivity index (χ1v) is 10.6. The van der Waals surface area contributed by atoms with Crippen molar-refractivity contribution in [1.82, 2.24) is 10.2 Å². The van der Waals surface area contributed by atoms with E-state index in [0.717, 1.165) is 23.4 Å². The number of carbonyl (C=O) groups excluding carboxylic acids is 1. The van der Waals surface area contributed by atoms with Gasteiger partial charge in [-0.2, -0.15) is 0 Å². The van der Waals surface area contributed by atoms with Gasteiger partial charge >= 0.3 is 5.97 Å². The van der Waals surface area contributed by atoms with Crippen LogP contribution in [0.5, 0.6) is 5.75 Å². The van der Waals surface area contributed by atoms with Crippen molar-refractivity contribution >= 4 is 28.3 Å². The number of nitrogens with one attached hydrogen (secondary N) is 1. The van der Waals surface area contributed by atoms with Crippen molar-refractivity contribution in [2.24, 2.45) is 5.92 Å². The molecular weight excluding hydrogens is 402 g/mol. The third-order valence-electron chi connectivity index (χ3n) is 5.11. The van der Waals surface area contributed by atoms with Gasteiger partial charge in [-0.3, -0.25) is 14.9 Å². The summed E-state index contributed by atoms with van der Waals surface area (Å²) in [5.41, 5.74) is 1.45. The Morgan fingerprint density at radius 1 is 0.967 bits per heavy atom. The minimum absolute atomic E-state index is 0.0121. The summed E-state index contributed by atoms with van der Waals surface area (Å²) in [6.45, 7) is 0. The Morgan fingerprint density at radius 2 is 1.67 bits per heavy atom. The maximum Gasteiger partial charge on any atom is 0.306 e. The lowest BCUT2D eigenvalue weighted by Gasteiger charge is -2.26. The largest absolute Gasteiger partial charge is 0.490 e. The number of benzene rings is 2. The number of hydrogen-bond donors (Lipinski definition) is 2. The summed E-state index contributed by atoms with van der Waals surface area (Å²) in [5.74, 6) is -0.583. The summed E-state index contributed by atoms with van der Waals surface area (Å²) in [4.78, 5) is 23.5. The number of aliphatic carboxylic acids is 1. The molecule has 0 aliphatic heterocycles. The zero-order valence-electron chi connectivity index (χ0n) is 16.2. The molecule has 0 bridgehead atoms. The summed E-state index contributed by atoms with van der Waals surface area (Å²) in [7, 11) is 0. The Balaban J connectivity index is 1.32. The van der Waals surface area contributed by atoms with Gasteiger partial charge in [0.2, 0.25) is 5.13 Å². The molecule has 1 fully saturated rings. The van der Waals surface area contributed by atoms with E-state index in [1.807, 2.05) is 30.3 Å². The molecule has 4 rings (SSSR count). The van der Waals surface area contributed by atoms with Gasteiger partial charge in [0.25, 0.3) is 5.91 Å². The number of nitrogens with zero attached hydrogens (tertiary/aromatic N) is 2. The van der Waals surface area contributed by atoms with Gasteiger partial charge in [-0.15, -0.1) is 10.2 Å². The van der Waals surface area contributed by atoms with Crippen LogP contribution in [0.25, 0.3) is 10.6 Å². The van der Waals surface area contributed by atoms with Gasteiger partial charge in [-0.25, -0.2) is 0 Å². The predicted octanol–water partition coefficient (Wildman–Crippen LogP) is 4.48. The molecule has 1 heterocycles. The van der Waals surface area contributed by atoms with E-state index in [-0.39, 0.29) is 17.9 Å². The van der Waals surface area contributed by atoms with Gasteiger partial charge < -0.3 is 9.84 Å². The van der Waals surface area contributed by atoms with Gasteiger partial charge in [0.1, 0.15) is 10.8 Å². The Morgan fingerprint density at radius 3 is 2.33 bits per heavy atom. The van der Waals surface area contributed by atoms with Crippen LogP contribution < -0.4 is 10.1 Å². The number of aromatic nitrogens is 2. The van der Waals surface area contributed by atoms with E-state index in [4.69, 9.17) is 9.84 Å². The van der Waals surface area contributed by atoms with Gasteiger partial charge in [-0.1, -0.05) is 41.7 Å². The minimum atomic E-state index is -0.727. The molecule has 0 unspecified atom stereocenters. The normalized spacial score (nSPS) is 18.5. The van der Waals surface area contributed by atoms with Crippen LogP contribution >= 0.6 is 11.3 Å². The molecule has 1 aromatic heterocycles. The average molecular weight is 423 g/mol. The van der Waals surface area contributed by atoms with Gasteiger partial charge in [0.15, 0.2) is 0 Å². The third kappa shape index (κ3) is 4.83. The smallest absolute Gasteiger partial charge is 0.306 e. The molecule has 154 valence electrons. The van der Waals surface area contributed by atoms with E-state index in [1.54, 1.807) is 24.3 Å². The quantitative estimate of drug-likeness (QED) is 0.606. The van der Waals surface area contributed by atoms with Crippen LogP contribution in [-0.4, -0.2) is 33.3 Å². The fraction of sp³-hybridized carbons (Fsp3) is 0.273. The van der Waals surface area contributed by atoms with Gasteiger partial charge in [0, 0.05) is 11.1 Å². The molecule has 3 aromatic rings. The van der Waals surface area contributed by atoms with E-state index < -0.39 is 5.97 Å². The Kier molecular flexibility index (Phi) is 6.04. The molecule has 1 amide bonds. The predicted molar refractivity (Wildman–Crippen MR) is 114 cm³/mol. The lowest BCUT2D eigenvalue weighted by atomic mass is 9.87. The van der Waals surface area contributed by atoms with E-state index in [0.29, 0.717) is 29.3 Å². The third-order valence-corrected chi connectivity index (χ3v) is 6.00. The first kappa shape index (κ1) is 20.0. The Hall–Kier alpha value is -3.26. The van der Waals surface area contributed by atoms with E-state index in [9.17, 15) is 9.59 Å². The highest BCUT2D eigenvalue weighted by molar-refractivity contribution is 7.18. The summed E-state index contributed by atoms with van der Waals surface area (Å²) in [5, 5.41) is 21.2. The number of carboxylic acid groups (broad SMARTS) is 1. The number of amides is 1. The molecule has 1 aliphatic rings. The second-order valence-corrected chi connectivity index (χ2v) is 8.16. The molecule has 30 heavy (non-hydrogen) atoms. The maximum atomic E-state index is 12.5. The SMILES string of the molecule is O=C(Nc1nnc(-c2ccccc2)s1)c1ccc(O[C@H]2CC[C@@H](C(=O)O)CC2)cc1. The highest BCUT2D eigenvalue weighted by Gasteiger charge is 2.26. The molecule has 0 radical (unpaired) electrons. The second-order valence-electron chi connectivity index (χ2n) is 7.19. The van der Waals surface area contributed by atoms with Crippen molar-refractivity contribution in [1.29, 1.82) is 0 Å². The molecule has 8 heteroatoms. The van der Waals surface area contributed by atoms with Crippen molar-refractivity contribution < 1.29 is 19.4 Å². The van der Waals surface area contributed by atoms with Crippen LogP contribution in [0.1, 0.15) is 36.0 Å². The van der Waals surface area contributed by atoms with Crippen molar-refractivity contribution in [3.8, 4) is 16.3 Å². The van der Waals surface area contributed by atoms with Crippen LogP contribution in [0.3, 0.4) is 0 Å². The number of carbonyl (C=O) groups is 2. The Bertz CT molecular complexity index is 1010. The lowest BCUT2D eigenvalue weighted by Crippen LogP contribution is -2.27. The van der Waals surface area contributed by atoms with Crippen molar-refractivity contribution in [3.05, 3.63) is 60.2 Å². The number of carboxylic acids is 1. The molecule has 2 N–H and O–H groups in total. The summed E-state index contributed by atoms with van der Waals surface area (Å²) in [6.07, 6.45) is 2.72. The number of rotatable bonds is 6. The van der Waals surface area contributed by atoms with Crippen molar-refractivity contribution in [3.63, 3.8) is 0 Å². The van der Waals surface area contributed by atoms with Gasteiger partial charge in [0.05, 0.1) is 12.0 Å². The molecule has 1 saturated carbocycles. The standard InChI is InChI=1S/C22H21N3O4S/c26-19(23-22-25-24-20(30-22)15-4-2-1-3-5-15)14-6-10-17(11-7-14)29-18-12-8-16(9-13-18)21(27)28/h1-7,10-11,16,18H,8-9,12-13H2,(H,27,28)(H,23,25,26)/t16-,18+. The maximum absolute atomic E-state index is 12.5. The second kappa shape index (κ2) is 9.04.